The summed E-state index contributed by atoms with van der Waals surface area (Å²) in [7, 11) is 0. The minimum atomic E-state index is -0.357. The van der Waals surface area contributed by atoms with Gasteiger partial charge in [-0.3, -0.25) is 14.6 Å². The Bertz CT molecular complexity index is 923. The molecule has 0 atom stereocenters. The predicted molar refractivity (Wildman–Crippen MR) is 101 cm³/mol. The molecule has 0 bridgehead atoms. The maximum atomic E-state index is 12.4. The molecule has 3 rings (SSSR count). The average Bonchev–Trinajstić information content (AvgIpc) is 2.67. The van der Waals surface area contributed by atoms with Crippen molar-refractivity contribution in [3.63, 3.8) is 0 Å². The van der Waals surface area contributed by atoms with Crippen LogP contribution in [-0.2, 0) is 6.54 Å². The normalized spacial score (nSPS) is 10.2. The Hall–Kier alpha value is -3.47. The lowest BCUT2D eigenvalue weighted by Crippen LogP contribution is -2.23. The van der Waals surface area contributed by atoms with Crippen molar-refractivity contribution in [2.24, 2.45) is 0 Å². The molecule has 26 heavy (non-hydrogen) atoms. The third kappa shape index (κ3) is 4.54. The first-order valence-electron chi connectivity index (χ1n) is 8.28. The zero-order valence-corrected chi connectivity index (χ0v) is 14.4. The van der Waals surface area contributed by atoms with Crippen LogP contribution in [0.25, 0.3) is 0 Å². The van der Waals surface area contributed by atoms with Gasteiger partial charge in [-0.25, -0.2) is 0 Å². The van der Waals surface area contributed by atoms with Gasteiger partial charge in [-0.1, -0.05) is 48.0 Å². The third-order valence-corrected chi connectivity index (χ3v) is 3.82. The fraction of sp³-hybridized carbons (Fsp3) is 0.0952. The van der Waals surface area contributed by atoms with Crippen LogP contribution in [0.15, 0.2) is 72.9 Å². The summed E-state index contributed by atoms with van der Waals surface area (Å²) < 4.78 is 0. The van der Waals surface area contributed by atoms with Crippen molar-refractivity contribution in [3.05, 3.63) is 95.3 Å². The van der Waals surface area contributed by atoms with Gasteiger partial charge in [-0.2, -0.15) is 0 Å². The van der Waals surface area contributed by atoms with E-state index in [0.29, 0.717) is 17.8 Å². The number of anilines is 1. The molecule has 5 nitrogen and oxygen atoms in total. The molecule has 2 N–H and O–H groups in total. The van der Waals surface area contributed by atoms with Gasteiger partial charge < -0.3 is 10.6 Å². The summed E-state index contributed by atoms with van der Waals surface area (Å²) in [6.45, 7) is 2.43. The molecule has 2 aromatic carbocycles. The van der Waals surface area contributed by atoms with Crippen LogP contribution in [0, 0.1) is 6.92 Å². The predicted octanol–water partition coefficient (Wildman–Crippen LogP) is 3.57. The number of amides is 2. The molecule has 0 aliphatic rings. The van der Waals surface area contributed by atoms with Crippen molar-refractivity contribution in [1.82, 2.24) is 10.3 Å². The Balaban J connectivity index is 1.66. The Kier molecular flexibility index (Phi) is 5.39. The second-order valence-electron chi connectivity index (χ2n) is 5.92. The van der Waals surface area contributed by atoms with E-state index in [0.717, 1.165) is 11.1 Å². The number of nitrogens with zero attached hydrogens (tertiary/aromatic N) is 1. The van der Waals surface area contributed by atoms with Gasteiger partial charge in [0.25, 0.3) is 11.8 Å². The largest absolute Gasteiger partial charge is 0.348 e. The lowest BCUT2D eigenvalue weighted by molar-refractivity contribution is 0.0950. The number of hydrogen-bond donors (Lipinski definition) is 2. The van der Waals surface area contributed by atoms with Gasteiger partial charge in [0.1, 0.15) is 5.69 Å². The summed E-state index contributed by atoms with van der Waals surface area (Å²) in [6, 6.07) is 20.1. The number of hydrogen-bond acceptors (Lipinski definition) is 3. The quantitative estimate of drug-likeness (QED) is 0.742. The number of para-hydroxylation sites is 1. The second kappa shape index (κ2) is 8.07. The molecule has 1 heterocycles. The Labute approximate surface area is 152 Å². The Morgan fingerprint density at radius 1 is 0.923 bits per heavy atom. The van der Waals surface area contributed by atoms with E-state index in [2.05, 4.69) is 15.6 Å². The van der Waals surface area contributed by atoms with Crippen LogP contribution in [0.2, 0.25) is 0 Å². The van der Waals surface area contributed by atoms with Crippen molar-refractivity contribution >= 4 is 17.5 Å². The summed E-state index contributed by atoms with van der Waals surface area (Å²) >= 11 is 0. The molecule has 2 amide bonds. The lowest BCUT2D eigenvalue weighted by atomic mass is 10.1. The minimum absolute atomic E-state index is 0.192. The number of carbonyl (C=O) groups is 2. The van der Waals surface area contributed by atoms with E-state index >= 15 is 0 Å². The number of aryl methyl sites for hydroxylation is 1. The van der Waals surface area contributed by atoms with Crippen LogP contribution in [0.5, 0.6) is 0 Å². The van der Waals surface area contributed by atoms with Gasteiger partial charge in [-0.15, -0.1) is 0 Å². The summed E-state index contributed by atoms with van der Waals surface area (Å²) in [4.78, 5) is 28.7. The van der Waals surface area contributed by atoms with Crippen LogP contribution in [0.3, 0.4) is 0 Å². The van der Waals surface area contributed by atoms with Crippen molar-refractivity contribution < 1.29 is 9.59 Å². The number of benzene rings is 2. The van der Waals surface area contributed by atoms with Crippen molar-refractivity contribution in [1.29, 1.82) is 0 Å². The zero-order valence-electron chi connectivity index (χ0n) is 14.4. The molecule has 0 radical (unpaired) electrons. The minimum Gasteiger partial charge on any atom is -0.348 e. The number of pyridine rings is 1. The first-order chi connectivity index (χ1) is 12.6. The summed E-state index contributed by atoms with van der Waals surface area (Å²) in [5, 5.41) is 5.62. The van der Waals surface area contributed by atoms with E-state index in [-0.39, 0.29) is 17.5 Å². The van der Waals surface area contributed by atoms with Gasteiger partial charge >= 0.3 is 0 Å². The lowest BCUT2D eigenvalue weighted by Gasteiger charge is -2.08. The number of rotatable bonds is 5. The Morgan fingerprint density at radius 3 is 2.50 bits per heavy atom. The molecule has 5 heteroatoms. The zero-order chi connectivity index (χ0) is 18.4. The van der Waals surface area contributed by atoms with E-state index in [1.54, 1.807) is 18.2 Å². The summed E-state index contributed by atoms with van der Waals surface area (Å²) in [5.74, 6) is -0.604. The van der Waals surface area contributed by atoms with Gasteiger partial charge in [0, 0.05) is 24.0 Å². The number of nitrogens with one attached hydrogen (secondary N) is 2. The van der Waals surface area contributed by atoms with Crippen molar-refractivity contribution in [2.75, 3.05) is 5.32 Å². The van der Waals surface area contributed by atoms with Crippen LogP contribution in [-0.4, -0.2) is 16.8 Å². The maximum Gasteiger partial charge on any atom is 0.274 e. The van der Waals surface area contributed by atoms with E-state index < -0.39 is 0 Å². The second-order valence-corrected chi connectivity index (χ2v) is 5.92. The van der Waals surface area contributed by atoms with Gasteiger partial charge in [0.2, 0.25) is 0 Å². The van der Waals surface area contributed by atoms with Crippen LogP contribution >= 0.6 is 0 Å². The summed E-state index contributed by atoms with van der Waals surface area (Å²) in [5.41, 5.74) is 3.42. The maximum absolute atomic E-state index is 12.4. The molecule has 3 aromatic rings. The fourth-order valence-corrected chi connectivity index (χ4v) is 2.52. The molecule has 130 valence electrons. The summed E-state index contributed by atoms with van der Waals surface area (Å²) in [6.07, 6.45) is 1.46. The van der Waals surface area contributed by atoms with Crippen molar-refractivity contribution in [3.8, 4) is 0 Å². The SMILES string of the molecule is Cc1cccc(CNC(=O)c2ccnc(C(=O)Nc3ccccc3)c2)c1. The van der Waals surface area contributed by atoms with Gasteiger partial charge in [0.15, 0.2) is 0 Å². The van der Waals surface area contributed by atoms with Gasteiger partial charge in [-0.05, 0) is 36.8 Å². The topological polar surface area (TPSA) is 71.1 Å². The number of aromatic nitrogens is 1. The molecule has 0 unspecified atom stereocenters. The number of carbonyl (C=O) groups excluding carboxylic acids is 2. The molecular weight excluding hydrogens is 326 g/mol. The molecule has 0 aliphatic heterocycles. The monoisotopic (exact) mass is 345 g/mol. The smallest absolute Gasteiger partial charge is 0.274 e. The van der Waals surface area contributed by atoms with Crippen LogP contribution in [0.4, 0.5) is 5.69 Å². The highest BCUT2D eigenvalue weighted by Gasteiger charge is 2.12. The van der Waals surface area contributed by atoms with Crippen LogP contribution < -0.4 is 10.6 Å². The first kappa shape index (κ1) is 17.4. The highest BCUT2D eigenvalue weighted by atomic mass is 16.2. The average molecular weight is 345 g/mol. The van der Waals surface area contributed by atoms with Crippen molar-refractivity contribution in [2.45, 2.75) is 13.5 Å². The molecular formula is C21H19N3O2. The van der Waals surface area contributed by atoms with Crippen LogP contribution in [0.1, 0.15) is 32.0 Å². The fourth-order valence-electron chi connectivity index (χ4n) is 2.52. The van der Waals surface area contributed by atoms with E-state index in [9.17, 15) is 9.59 Å². The standard InChI is InChI=1S/C21H19N3O2/c1-15-6-5-7-16(12-15)14-23-20(25)17-10-11-22-19(13-17)21(26)24-18-8-3-2-4-9-18/h2-13H,14H2,1H3,(H,23,25)(H,24,26). The molecule has 0 aliphatic carbocycles. The highest BCUT2D eigenvalue weighted by Crippen LogP contribution is 2.09. The Morgan fingerprint density at radius 2 is 1.73 bits per heavy atom. The molecule has 0 saturated carbocycles. The highest BCUT2D eigenvalue weighted by molar-refractivity contribution is 6.04. The van der Waals surface area contributed by atoms with E-state index in [4.69, 9.17) is 0 Å². The van der Waals surface area contributed by atoms with Gasteiger partial charge in [0.05, 0.1) is 0 Å². The first-order valence-corrected chi connectivity index (χ1v) is 8.28. The molecule has 0 saturated heterocycles. The van der Waals surface area contributed by atoms with E-state index in [1.165, 1.54) is 12.3 Å². The van der Waals surface area contributed by atoms with E-state index in [1.807, 2.05) is 49.4 Å². The molecule has 0 fully saturated rings. The molecule has 1 aromatic heterocycles. The third-order valence-electron chi connectivity index (χ3n) is 3.82. The molecule has 0 spiro atoms.